The van der Waals surface area contributed by atoms with Crippen molar-refractivity contribution in [2.24, 2.45) is 17.3 Å². The van der Waals surface area contributed by atoms with Crippen molar-refractivity contribution in [1.29, 1.82) is 0 Å². The third-order valence-electron chi connectivity index (χ3n) is 6.26. The molecule has 33 heavy (non-hydrogen) atoms. The van der Waals surface area contributed by atoms with Crippen LogP contribution < -0.4 is 10.6 Å². The second kappa shape index (κ2) is 11.9. The number of imide groups is 1. The van der Waals surface area contributed by atoms with Gasteiger partial charge in [-0.05, 0) is 44.4 Å². The average molecular weight is 468 g/mol. The van der Waals surface area contributed by atoms with E-state index in [1.165, 1.54) is 18.7 Å². The van der Waals surface area contributed by atoms with Crippen LogP contribution in [0.2, 0.25) is 0 Å². The Hall–Kier alpha value is -2.00. The van der Waals surface area contributed by atoms with Gasteiger partial charge in [0, 0.05) is 38.9 Å². The Balaban J connectivity index is 1.58. The number of hydrogen-bond acceptors (Lipinski definition) is 6. The van der Waals surface area contributed by atoms with Gasteiger partial charge in [-0.25, -0.2) is 0 Å². The van der Waals surface area contributed by atoms with E-state index in [-0.39, 0.29) is 55.5 Å². The number of carbonyl (C=O) groups excluding carboxylic acids is 4. The summed E-state index contributed by atoms with van der Waals surface area (Å²) in [5, 5.41) is 15.2. The van der Waals surface area contributed by atoms with E-state index in [1.807, 2.05) is 13.8 Å². The molecule has 1 atom stereocenters. The molecule has 2 rings (SSSR count). The Morgan fingerprint density at radius 1 is 1.06 bits per heavy atom. The van der Waals surface area contributed by atoms with Crippen molar-refractivity contribution in [3.63, 3.8) is 0 Å². The number of nitrogens with zero attached hydrogens (tertiary/aromatic N) is 1. The first-order chi connectivity index (χ1) is 15.4. The molecule has 0 aromatic carbocycles. The SMILES string of the molecule is CC(C)(COC(C)(C)O)CC(=O)NCCC(=O)NCCCN1C(=O)CC(C2CCCC2)C1=O. The topological polar surface area (TPSA) is 125 Å². The van der Waals surface area contributed by atoms with Crippen molar-refractivity contribution in [2.75, 3.05) is 26.2 Å². The highest BCUT2D eigenvalue weighted by Gasteiger charge is 2.42. The minimum atomic E-state index is -1.25. The van der Waals surface area contributed by atoms with Crippen molar-refractivity contribution < 1.29 is 29.0 Å². The predicted molar refractivity (Wildman–Crippen MR) is 123 cm³/mol. The second-order valence-corrected chi connectivity index (χ2v) is 10.6. The van der Waals surface area contributed by atoms with Crippen LogP contribution in [0.1, 0.15) is 79.1 Å². The highest BCUT2D eigenvalue weighted by Crippen LogP contribution is 2.37. The molecule has 188 valence electrons. The zero-order chi connectivity index (χ0) is 24.6. The van der Waals surface area contributed by atoms with Gasteiger partial charge in [0.05, 0.1) is 12.5 Å². The first-order valence-electron chi connectivity index (χ1n) is 12.1. The lowest BCUT2D eigenvalue weighted by molar-refractivity contribution is -0.192. The Labute approximate surface area is 197 Å². The zero-order valence-electron chi connectivity index (χ0n) is 20.6. The molecular weight excluding hydrogens is 426 g/mol. The fourth-order valence-electron chi connectivity index (χ4n) is 4.46. The lowest BCUT2D eigenvalue weighted by atomic mass is 9.89. The molecule has 1 unspecified atom stereocenters. The van der Waals surface area contributed by atoms with Crippen LogP contribution in [0.4, 0.5) is 0 Å². The van der Waals surface area contributed by atoms with Crippen molar-refractivity contribution in [2.45, 2.75) is 84.8 Å². The summed E-state index contributed by atoms with van der Waals surface area (Å²) in [4.78, 5) is 50.3. The Kier molecular flexibility index (Phi) is 9.84. The van der Waals surface area contributed by atoms with Crippen LogP contribution in [0.3, 0.4) is 0 Å². The maximum atomic E-state index is 12.6. The van der Waals surface area contributed by atoms with Gasteiger partial charge in [-0.1, -0.05) is 26.7 Å². The molecule has 0 bridgehead atoms. The Bertz CT molecular complexity index is 709. The van der Waals surface area contributed by atoms with Crippen LogP contribution in [0, 0.1) is 17.3 Å². The lowest BCUT2D eigenvalue weighted by Gasteiger charge is -2.28. The number of nitrogens with one attached hydrogen (secondary N) is 2. The van der Waals surface area contributed by atoms with Gasteiger partial charge >= 0.3 is 0 Å². The quantitative estimate of drug-likeness (QED) is 0.215. The molecule has 1 saturated heterocycles. The fourth-order valence-corrected chi connectivity index (χ4v) is 4.46. The van der Waals surface area contributed by atoms with E-state index in [0.717, 1.165) is 25.7 Å². The van der Waals surface area contributed by atoms with Crippen LogP contribution in [-0.4, -0.2) is 65.7 Å². The van der Waals surface area contributed by atoms with E-state index in [4.69, 9.17) is 4.74 Å². The summed E-state index contributed by atoms with van der Waals surface area (Å²) in [5.74, 6) is -1.57. The van der Waals surface area contributed by atoms with E-state index in [2.05, 4.69) is 10.6 Å². The second-order valence-electron chi connectivity index (χ2n) is 10.6. The number of hydrogen-bond donors (Lipinski definition) is 3. The largest absolute Gasteiger partial charge is 0.366 e. The van der Waals surface area contributed by atoms with Gasteiger partial charge < -0.3 is 20.5 Å². The summed E-state index contributed by atoms with van der Waals surface area (Å²) in [6, 6.07) is 0. The predicted octanol–water partition coefficient (Wildman–Crippen LogP) is 1.73. The lowest BCUT2D eigenvalue weighted by Crippen LogP contribution is -2.37. The molecule has 0 aromatic heterocycles. The van der Waals surface area contributed by atoms with E-state index in [9.17, 15) is 24.3 Å². The average Bonchev–Trinajstić information content (AvgIpc) is 3.32. The van der Waals surface area contributed by atoms with Crippen LogP contribution in [0.5, 0.6) is 0 Å². The maximum absolute atomic E-state index is 12.6. The molecule has 2 aliphatic rings. The van der Waals surface area contributed by atoms with Gasteiger partial charge in [0.15, 0.2) is 5.79 Å². The summed E-state index contributed by atoms with van der Waals surface area (Å²) in [5.41, 5.74) is -0.451. The summed E-state index contributed by atoms with van der Waals surface area (Å²) in [6.07, 6.45) is 5.57. The zero-order valence-corrected chi connectivity index (χ0v) is 20.6. The first kappa shape index (κ1) is 27.2. The van der Waals surface area contributed by atoms with Crippen molar-refractivity contribution in [1.82, 2.24) is 15.5 Å². The van der Waals surface area contributed by atoms with Gasteiger partial charge in [-0.15, -0.1) is 0 Å². The van der Waals surface area contributed by atoms with Crippen molar-refractivity contribution >= 4 is 23.6 Å². The molecule has 3 N–H and O–H groups in total. The summed E-state index contributed by atoms with van der Waals surface area (Å²) >= 11 is 0. The number of ether oxygens (including phenoxy) is 1. The van der Waals surface area contributed by atoms with Crippen LogP contribution in [-0.2, 0) is 23.9 Å². The van der Waals surface area contributed by atoms with Crippen molar-refractivity contribution in [3.8, 4) is 0 Å². The molecule has 0 spiro atoms. The summed E-state index contributed by atoms with van der Waals surface area (Å²) in [6.45, 7) is 7.98. The number of amides is 4. The standard InChI is InChI=1S/C24H41N3O6/c1-23(2,16-33-24(3,4)32)15-20(29)26-12-10-19(28)25-11-7-13-27-21(30)14-18(22(27)31)17-8-5-6-9-17/h17-18,32H,5-16H2,1-4H3,(H,25,28)(H,26,29). The molecule has 1 aliphatic carbocycles. The van der Waals surface area contributed by atoms with E-state index < -0.39 is 11.2 Å². The van der Waals surface area contributed by atoms with Gasteiger partial charge in [0.25, 0.3) is 0 Å². The van der Waals surface area contributed by atoms with E-state index >= 15 is 0 Å². The van der Waals surface area contributed by atoms with Gasteiger partial charge in [0.2, 0.25) is 23.6 Å². The normalized spacial score (nSPS) is 19.9. The van der Waals surface area contributed by atoms with Crippen LogP contribution >= 0.6 is 0 Å². The van der Waals surface area contributed by atoms with E-state index in [1.54, 1.807) is 0 Å². The maximum Gasteiger partial charge on any atom is 0.233 e. The van der Waals surface area contributed by atoms with E-state index in [0.29, 0.717) is 31.8 Å². The first-order valence-corrected chi connectivity index (χ1v) is 12.1. The molecule has 4 amide bonds. The number of rotatable bonds is 13. The highest BCUT2D eigenvalue weighted by molar-refractivity contribution is 6.03. The third-order valence-corrected chi connectivity index (χ3v) is 6.26. The van der Waals surface area contributed by atoms with Gasteiger partial charge in [-0.3, -0.25) is 24.1 Å². The Morgan fingerprint density at radius 2 is 1.70 bits per heavy atom. The summed E-state index contributed by atoms with van der Waals surface area (Å²) in [7, 11) is 0. The van der Waals surface area contributed by atoms with Crippen LogP contribution in [0.25, 0.3) is 0 Å². The smallest absolute Gasteiger partial charge is 0.233 e. The molecule has 1 saturated carbocycles. The summed E-state index contributed by atoms with van der Waals surface area (Å²) < 4.78 is 5.34. The third kappa shape index (κ3) is 9.41. The number of aliphatic hydroxyl groups is 1. The van der Waals surface area contributed by atoms with Crippen molar-refractivity contribution in [3.05, 3.63) is 0 Å². The minimum Gasteiger partial charge on any atom is -0.366 e. The molecule has 9 nitrogen and oxygen atoms in total. The minimum absolute atomic E-state index is 0.0446. The van der Waals surface area contributed by atoms with Gasteiger partial charge in [0.1, 0.15) is 0 Å². The molecule has 0 aromatic rings. The number of carbonyl (C=O) groups is 4. The van der Waals surface area contributed by atoms with Gasteiger partial charge in [-0.2, -0.15) is 0 Å². The van der Waals surface area contributed by atoms with Crippen LogP contribution in [0.15, 0.2) is 0 Å². The molecule has 1 heterocycles. The number of likely N-dealkylation sites (tertiary alicyclic amines) is 1. The molecule has 2 fully saturated rings. The molecule has 9 heteroatoms. The monoisotopic (exact) mass is 467 g/mol. The highest BCUT2D eigenvalue weighted by atomic mass is 16.6. The Morgan fingerprint density at radius 3 is 2.33 bits per heavy atom. The fraction of sp³-hybridized carbons (Fsp3) is 0.833. The molecule has 0 radical (unpaired) electrons. The molecular formula is C24H41N3O6. The molecule has 1 aliphatic heterocycles.